The van der Waals surface area contributed by atoms with Crippen LogP contribution in [-0.4, -0.2) is 19.3 Å². The Morgan fingerprint density at radius 3 is 3.06 bits per heavy atom. The Morgan fingerprint density at radius 1 is 1.50 bits per heavy atom. The Kier molecular flexibility index (Phi) is 5.01. The highest BCUT2D eigenvalue weighted by Gasteiger charge is 2.14. The van der Waals surface area contributed by atoms with E-state index in [0.717, 1.165) is 37.2 Å². The van der Waals surface area contributed by atoms with Crippen molar-refractivity contribution in [3.63, 3.8) is 0 Å². The van der Waals surface area contributed by atoms with Gasteiger partial charge in [0, 0.05) is 18.8 Å². The van der Waals surface area contributed by atoms with E-state index in [2.05, 4.69) is 21.2 Å². The normalized spacial score (nSPS) is 19.2. The van der Waals surface area contributed by atoms with Crippen LogP contribution in [0.5, 0.6) is 0 Å². The molecule has 1 aliphatic heterocycles. The number of hydrogen-bond acceptors (Lipinski definition) is 2. The van der Waals surface area contributed by atoms with E-state index in [0.29, 0.717) is 10.6 Å². The number of nitrogens with one attached hydrogen (secondary N) is 1. The van der Waals surface area contributed by atoms with Crippen molar-refractivity contribution in [2.75, 3.05) is 18.5 Å². The number of ether oxygens (including phenoxy) is 1. The summed E-state index contributed by atoms with van der Waals surface area (Å²) in [6.07, 6.45) is 4.96. The summed E-state index contributed by atoms with van der Waals surface area (Å²) in [7, 11) is 0. The SMILES string of the molecule is Cc1cc(Br)c(F)cc1NCCCC1CCCO1. The molecule has 0 amide bonds. The highest BCUT2D eigenvalue weighted by molar-refractivity contribution is 9.10. The zero-order chi connectivity index (χ0) is 13.0. The number of aryl methyl sites for hydroxylation is 1. The predicted octanol–water partition coefficient (Wildman–Crippen LogP) is 4.27. The lowest BCUT2D eigenvalue weighted by atomic mass is 10.1. The number of anilines is 1. The second-order valence-electron chi connectivity index (χ2n) is 4.79. The highest BCUT2D eigenvalue weighted by Crippen LogP contribution is 2.24. The van der Waals surface area contributed by atoms with Crippen molar-refractivity contribution in [2.24, 2.45) is 0 Å². The molecule has 1 fully saturated rings. The molecule has 1 N–H and O–H groups in total. The first-order chi connectivity index (χ1) is 8.66. The van der Waals surface area contributed by atoms with Gasteiger partial charge in [-0.1, -0.05) is 0 Å². The molecule has 100 valence electrons. The van der Waals surface area contributed by atoms with Crippen LogP contribution in [0.1, 0.15) is 31.2 Å². The van der Waals surface area contributed by atoms with Crippen LogP contribution in [0.4, 0.5) is 10.1 Å². The van der Waals surface area contributed by atoms with Crippen LogP contribution >= 0.6 is 15.9 Å². The molecule has 2 nitrogen and oxygen atoms in total. The van der Waals surface area contributed by atoms with E-state index >= 15 is 0 Å². The molecule has 1 unspecified atom stereocenters. The molecule has 0 radical (unpaired) electrons. The summed E-state index contributed by atoms with van der Waals surface area (Å²) in [5, 5.41) is 3.29. The Balaban J connectivity index is 1.77. The van der Waals surface area contributed by atoms with Gasteiger partial charge < -0.3 is 10.1 Å². The van der Waals surface area contributed by atoms with Gasteiger partial charge in [-0.2, -0.15) is 0 Å². The van der Waals surface area contributed by atoms with E-state index < -0.39 is 0 Å². The molecule has 0 aromatic heterocycles. The molecule has 0 spiro atoms. The maximum Gasteiger partial charge on any atom is 0.139 e. The quantitative estimate of drug-likeness (QED) is 0.819. The topological polar surface area (TPSA) is 21.3 Å². The van der Waals surface area contributed by atoms with Gasteiger partial charge in [0.15, 0.2) is 0 Å². The molecule has 0 saturated carbocycles. The largest absolute Gasteiger partial charge is 0.385 e. The fraction of sp³-hybridized carbons (Fsp3) is 0.571. The molecule has 0 bridgehead atoms. The van der Waals surface area contributed by atoms with Crippen LogP contribution < -0.4 is 5.32 Å². The molecule has 1 aromatic rings. The van der Waals surface area contributed by atoms with E-state index in [1.165, 1.54) is 12.8 Å². The summed E-state index contributed by atoms with van der Waals surface area (Å²) in [5.74, 6) is -0.220. The van der Waals surface area contributed by atoms with Crippen molar-refractivity contribution in [1.82, 2.24) is 0 Å². The van der Waals surface area contributed by atoms with E-state index in [1.54, 1.807) is 12.1 Å². The molecule has 18 heavy (non-hydrogen) atoms. The predicted molar refractivity (Wildman–Crippen MR) is 75.5 cm³/mol. The fourth-order valence-corrected chi connectivity index (χ4v) is 2.72. The zero-order valence-corrected chi connectivity index (χ0v) is 12.2. The van der Waals surface area contributed by atoms with Gasteiger partial charge >= 0.3 is 0 Å². The van der Waals surface area contributed by atoms with Crippen LogP contribution in [-0.2, 0) is 4.74 Å². The molecule has 1 atom stereocenters. The Labute approximate surface area is 116 Å². The van der Waals surface area contributed by atoms with Crippen molar-refractivity contribution in [3.8, 4) is 0 Å². The first kappa shape index (κ1) is 13.8. The number of benzene rings is 1. The van der Waals surface area contributed by atoms with Crippen molar-refractivity contribution >= 4 is 21.6 Å². The van der Waals surface area contributed by atoms with Crippen molar-refractivity contribution < 1.29 is 9.13 Å². The maximum atomic E-state index is 13.4. The average Bonchev–Trinajstić information content (AvgIpc) is 2.84. The van der Waals surface area contributed by atoms with Gasteiger partial charge in [-0.05, 0) is 66.2 Å². The lowest BCUT2D eigenvalue weighted by molar-refractivity contribution is 0.103. The first-order valence-corrected chi connectivity index (χ1v) is 7.27. The average molecular weight is 316 g/mol. The smallest absolute Gasteiger partial charge is 0.139 e. The lowest BCUT2D eigenvalue weighted by Gasteiger charge is -2.12. The summed E-state index contributed by atoms with van der Waals surface area (Å²) >= 11 is 3.19. The van der Waals surface area contributed by atoms with Crippen LogP contribution in [0, 0.1) is 12.7 Å². The molecule has 1 heterocycles. The Bertz CT molecular complexity index is 405. The standard InChI is InChI=1S/C14H19BrFNO/c1-10-8-12(15)13(16)9-14(10)17-6-2-4-11-5-3-7-18-11/h8-9,11,17H,2-7H2,1H3. The van der Waals surface area contributed by atoms with E-state index in [9.17, 15) is 4.39 Å². The van der Waals surface area contributed by atoms with Gasteiger partial charge in [-0.25, -0.2) is 4.39 Å². The molecule has 1 aliphatic rings. The van der Waals surface area contributed by atoms with Crippen molar-refractivity contribution in [3.05, 3.63) is 28.0 Å². The zero-order valence-electron chi connectivity index (χ0n) is 10.6. The van der Waals surface area contributed by atoms with Gasteiger partial charge in [-0.15, -0.1) is 0 Å². The third kappa shape index (κ3) is 3.69. The third-order valence-corrected chi connectivity index (χ3v) is 3.92. The number of halogens is 2. The molecule has 0 aliphatic carbocycles. The van der Waals surface area contributed by atoms with Crippen LogP contribution in [0.15, 0.2) is 16.6 Å². The van der Waals surface area contributed by atoms with Gasteiger partial charge in [0.05, 0.1) is 10.6 Å². The van der Waals surface area contributed by atoms with Gasteiger partial charge in [0.1, 0.15) is 5.82 Å². The molecular formula is C14H19BrFNO. The minimum absolute atomic E-state index is 0.220. The monoisotopic (exact) mass is 315 g/mol. The van der Waals surface area contributed by atoms with Crippen LogP contribution in [0.25, 0.3) is 0 Å². The fourth-order valence-electron chi connectivity index (χ4n) is 2.26. The minimum atomic E-state index is -0.220. The van der Waals surface area contributed by atoms with Crippen molar-refractivity contribution in [1.29, 1.82) is 0 Å². The Morgan fingerprint density at radius 2 is 2.33 bits per heavy atom. The van der Waals surface area contributed by atoms with E-state index in [-0.39, 0.29) is 5.82 Å². The summed E-state index contributed by atoms with van der Waals surface area (Å²) in [4.78, 5) is 0. The highest BCUT2D eigenvalue weighted by atomic mass is 79.9. The van der Waals surface area contributed by atoms with Gasteiger partial charge in [-0.3, -0.25) is 0 Å². The molecule has 1 saturated heterocycles. The van der Waals surface area contributed by atoms with E-state index in [1.807, 2.05) is 6.92 Å². The lowest BCUT2D eigenvalue weighted by Crippen LogP contribution is -2.09. The first-order valence-electron chi connectivity index (χ1n) is 6.48. The number of hydrogen-bond donors (Lipinski definition) is 1. The van der Waals surface area contributed by atoms with Crippen LogP contribution in [0.2, 0.25) is 0 Å². The van der Waals surface area contributed by atoms with Crippen LogP contribution in [0.3, 0.4) is 0 Å². The maximum absolute atomic E-state index is 13.4. The summed E-state index contributed by atoms with van der Waals surface area (Å²) in [6.45, 7) is 3.75. The summed E-state index contributed by atoms with van der Waals surface area (Å²) in [5.41, 5.74) is 1.93. The molecule has 4 heteroatoms. The van der Waals surface area contributed by atoms with Gasteiger partial charge in [0.2, 0.25) is 0 Å². The third-order valence-electron chi connectivity index (χ3n) is 3.31. The van der Waals surface area contributed by atoms with Crippen molar-refractivity contribution in [2.45, 2.75) is 38.7 Å². The van der Waals surface area contributed by atoms with Gasteiger partial charge in [0.25, 0.3) is 0 Å². The second-order valence-corrected chi connectivity index (χ2v) is 5.64. The summed E-state index contributed by atoms with van der Waals surface area (Å²) in [6, 6.07) is 3.35. The Hall–Kier alpha value is -0.610. The minimum Gasteiger partial charge on any atom is -0.385 e. The number of rotatable bonds is 5. The second kappa shape index (κ2) is 6.53. The molecular weight excluding hydrogens is 297 g/mol. The van der Waals surface area contributed by atoms with E-state index in [4.69, 9.17) is 4.74 Å². The molecule has 1 aromatic carbocycles. The summed E-state index contributed by atoms with van der Waals surface area (Å²) < 4.78 is 19.5. The molecule has 2 rings (SSSR count).